The fourth-order valence-electron chi connectivity index (χ4n) is 5.37. The summed E-state index contributed by atoms with van der Waals surface area (Å²) in [6.45, 7) is 2.33. The Bertz CT molecular complexity index is 1470. The number of carbonyl (C=O) groups is 1. The molecule has 0 spiro atoms. The number of hydrogen-bond donors (Lipinski definition) is 1. The maximum Gasteiger partial charge on any atom is 0.266 e. The van der Waals surface area contributed by atoms with E-state index in [-0.39, 0.29) is 17.0 Å². The average molecular weight is 552 g/mol. The first-order valence-electron chi connectivity index (χ1n) is 12.8. The first-order valence-corrected chi connectivity index (χ1v) is 14.0. The van der Waals surface area contributed by atoms with Gasteiger partial charge in [-0.05, 0) is 87.2 Å². The molecule has 1 fully saturated rings. The van der Waals surface area contributed by atoms with Crippen LogP contribution in [0, 0.1) is 12.7 Å². The van der Waals surface area contributed by atoms with E-state index in [4.69, 9.17) is 16.3 Å². The van der Waals surface area contributed by atoms with Gasteiger partial charge in [-0.2, -0.15) is 0 Å². The zero-order valence-electron chi connectivity index (χ0n) is 21.8. The van der Waals surface area contributed by atoms with Gasteiger partial charge in [-0.1, -0.05) is 23.7 Å². The number of pyridine rings is 1. The summed E-state index contributed by atoms with van der Waals surface area (Å²) in [7, 11) is 3.63. The highest BCUT2D eigenvalue weighted by molar-refractivity contribution is 7.21. The van der Waals surface area contributed by atoms with Crippen molar-refractivity contribution in [2.45, 2.75) is 51.2 Å². The van der Waals surface area contributed by atoms with Crippen LogP contribution in [0.15, 0.2) is 54.7 Å². The van der Waals surface area contributed by atoms with Crippen LogP contribution < -0.4 is 10.1 Å². The molecule has 1 amide bonds. The normalized spacial score (nSPS) is 17.5. The Morgan fingerprint density at radius 3 is 2.61 bits per heavy atom. The van der Waals surface area contributed by atoms with Crippen molar-refractivity contribution in [2.75, 3.05) is 14.2 Å². The second-order valence-electron chi connectivity index (χ2n) is 9.80. The first-order chi connectivity index (χ1) is 18.4. The van der Waals surface area contributed by atoms with Crippen molar-refractivity contribution in [3.63, 3.8) is 0 Å². The highest BCUT2D eigenvalue weighted by Crippen LogP contribution is 2.39. The molecular formula is C30H31ClFN3O2S. The zero-order valence-corrected chi connectivity index (χ0v) is 23.3. The largest absolute Gasteiger partial charge is 0.496 e. The molecule has 5 nitrogen and oxygen atoms in total. The quantitative estimate of drug-likeness (QED) is 0.263. The van der Waals surface area contributed by atoms with Gasteiger partial charge in [-0.15, -0.1) is 11.3 Å². The van der Waals surface area contributed by atoms with E-state index in [0.717, 1.165) is 53.8 Å². The van der Waals surface area contributed by atoms with Crippen molar-refractivity contribution < 1.29 is 13.9 Å². The molecule has 2 aromatic carbocycles. The Morgan fingerprint density at radius 2 is 1.92 bits per heavy atom. The van der Waals surface area contributed by atoms with Gasteiger partial charge in [0, 0.05) is 46.2 Å². The van der Waals surface area contributed by atoms with E-state index < -0.39 is 5.82 Å². The third kappa shape index (κ3) is 5.28. The van der Waals surface area contributed by atoms with Gasteiger partial charge in [-0.25, -0.2) is 4.39 Å². The second-order valence-corrected chi connectivity index (χ2v) is 11.2. The molecule has 8 heteroatoms. The van der Waals surface area contributed by atoms with E-state index in [2.05, 4.69) is 16.4 Å². The molecule has 2 heterocycles. The predicted octanol–water partition coefficient (Wildman–Crippen LogP) is 7.25. The zero-order chi connectivity index (χ0) is 26.8. The molecule has 4 aromatic rings. The molecule has 0 saturated heterocycles. The van der Waals surface area contributed by atoms with Crippen LogP contribution in [0.4, 0.5) is 4.39 Å². The molecule has 1 aliphatic rings. The Hall–Kier alpha value is -3.00. The van der Waals surface area contributed by atoms with Crippen LogP contribution in [0.2, 0.25) is 5.02 Å². The Kier molecular flexibility index (Phi) is 7.98. The van der Waals surface area contributed by atoms with E-state index >= 15 is 0 Å². The molecule has 5 rings (SSSR count). The summed E-state index contributed by atoms with van der Waals surface area (Å²) < 4.78 is 21.0. The number of halogens is 2. The fraction of sp³-hybridized carbons (Fsp3) is 0.333. The van der Waals surface area contributed by atoms with Crippen LogP contribution in [-0.2, 0) is 6.54 Å². The lowest BCUT2D eigenvalue weighted by molar-refractivity contribution is 0.0604. The SMILES string of the molecule is CNC1CCC(N(Cc2cc(-c3ccnc(C)c3)ccc2OC)C(=O)c2sc3cccc(F)c3c2Cl)CC1. The summed E-state index contributed by atoms with van der Waals surface area (Å²) in [6.07, 6.45) is 5.51. The van der Waals surface area contributed by atoms with Gasteiger partial charge in [0.1, 0.15) is 16.4 Å². The van der Waals surface area contributed by atoms with Crippen molar-refractivity contribution >= 4 is 38.9 Å². The predicted molar refractivity (Wildman–Crippen MR) is 153 cm³/mol. The summed E-state index contributed by atoms with van der Waals surface area (Å²) in [6, 6.07) is 15.4. The summed E-state index contributed by atoms with van der Waals surface area (Å²) in [5.74, 6) is 0.135. The van der Waals surface area contributed by atoms with Crippen molar-refractivity contribution in [2.24, 2.45) is 0 Å². The minimum absolute atomic E-state index is 0.0368. The highest BCUT2D eigenvalue weighted by atomic mass is 35.5. The molecule has 0 bridgehead atoms. The maximum atomic E-state index is 14.6. The Labute approximate surface area is 231 Å². The molecule has 0 unspecified atom stereocenters. The second kappa shape index (κ2) is 11.4. The molecule has 1 N–H and O–H groups in total. The highest BCUT2D eigenvalue weighted by Gasteiger charge is 2.32. The minimum Gasteiger partial charge on any atom is -0.496 e. The molecule has 0 atom stereocenters. The van der Waals surface area contributed by atoms with Gasteiger partial charge in [0.25, 0.3) is 5.91 Å². The lowest BCUT2D eigenvalue weighted by Crippen LogP contribution is -2.44. The van der Waals surface area contributed by atoms with Gasteiger partial charge in [0.2, 0.25) is 0 Å². The molecule has 1 aliphatic carbocycles. The van der Waals surface area contributed by atoms with Crippen LogP contribution in [0.5, 0.6) is 5.75 Å². The number of amides is 1. The number of nitrogens with one attached hydrogen (secondary N) is 1. The molecule has 1 saturated carbocycles. The van der Waals surface area contributed by atoms with Crippen molar-refractivity contribution in [1.29, 1.82) is 0 Å². The van der Waals surface area contributed by atoms with Crippen molar-refractivity contribution in [3.8, 4) is 16.9 Å². The molecule has 2 aromatic heterocycles. The number of aryl methyl sites for hydroxylation is 1. The van der Waals surface area contributed by atoms with Crippen molar-refractivity contribution in [3.05, 3.63) is 81.7 Å². The Balaban J connectivity index is 1.55. The van der Waals surface area contributed by atoms with Gasteiger partial charge in [-0.3, -0.25) is 9.78 Å². The monoisotopic (exact) mass is 551 g/mol. The lowest BCUT2D eigenvalue weighted by atomic mass is 9.89. The number of ether oxygens (including phenoxy) is 1. The van der Waals surface area contributed by atoms with Crippen LogP contribution in [0.3, 0.4) is 0 Å². The third-order valence-electron chi connectivity index (χ3n) is 7.46. The van der Waals surface area contributed by atoms with Crippen LogP contribution in [0.1, 0.15) is 46.6 Å². The minimum atomic E-state index is -0.411. The Morgan fingerprint density at radius 1 is 1.16 bits per heavy atom. The number of thiophene rings is 1. The number of hydrogen-bond acceptors (Lipinski definition) is 5. The van der Waals surface area contributed by atoms with Crippen LogP contribution >= 0.6 is 22.9 Å². The van der Waals surface area contributed by atoms with E-state index in [1.54, 1.807) is 25.4 Å². The number of nitrogens with zero attached hydrogens (tertiary/aromatic N) is 2. The number of aromatic nitrogens is 1. The molecule has 0 radical (unpaired) electrons. The molecule has 198 valence electrons. The summed E-state index contributed by atoms with van der Waals surface area (Å²) >= 11 is 7.90. The van der Waals surface area contributed by atoms with Gasteiger partial charge < -0.3 is 15.0 Å². The fourth-order valence-corrected chi connectivity index (χ4v) is 6.88. The van der Waals surface area contributed by atoms with Gasteiger partial charge in [0.05, 0.1) is 12.1 Å². The maximum absolute atomic E-state index is 14.6. The summed E-state index contributed by atoms with van der Waals surface area (Å²) in [5, 5.41) is 3.87. The number of rotatable bonds is 7. The standard InChI is InChI=1S/C30H31ClFN3O2S/c1-18-15-20(13-14-34-18)19-7-12-25(37-3)21(16-19)17-35(23-10-8-22(33-2)9-11-23)30(36)29-28(31)27-24(32)5-4-6-26(27)38-29/h4-7,12-16,22-23,33H,8-11,17H2,1-3H3. The van der Waals surface area contributed by atoms with E-state index in [1.165, 1.54) is 17.4 Å². The number of fused-ring (bicyclic) bond motifs is 1. The molecule has 0 aliphatic heterocycles. The summed E-state index contributed by atoms with van der Waals surface area (Å²) in [4.78, 5) is 20.8. The van der Waals surface area contributed by atoms with E-state index in [0.29, 0.717) is 27.5 Å². The average Bonchev–Trinajstić information content (AvgIpc) is 3.28. The number of methoxy groups -OCH3 is 1. The lowest BCUT2D eigenvalue weighted by Gasteiger charge is -2.37. The molecule has 38 heavy (non-hydrogen) atoms. The van der Waals surface area contributed by atoms with Gasteiger partial charge >= 0.3 is 0 Å². The van der Waals surface area contributed by atoms with Crippen LogP contribution in [-0.4, -0.2) is 42.0 Å². The van der Waals surface area contributed by atoms with Gasteiger partial charge in [0.15, 0.2) is 0 Å². The topological polar surface area (TPSA) is 54.5 Å². The van der Waals surface area contributed by atoms with E-state index in [9.17, 15) is 9.18 Å². The smallest absolute Gasteiger partial charge is 0.266 e. The van der Waals surface area contributed by atoms with Crippen LogP contribution in [0.25, 0.3) is 21.2 Å². The summed E-state index contributed by atoms with van der Waals surface area (Å²) in [5.41, 5.74) is 3.92. The van der Waals surface area contributed by atoms with Crippen molar-refractivity contribution in [1.82, 2.24) is 15.2 Å². The first kappa shape index (κ1) is 26.6. The van der Waals surface area contributed by atoms with E-state index in [1.807, 2.05) is 43.1 Å². The molecular weight excluding hydrogens is 521 g/mol. The number of benzene rings is 2. The number of carbonyl (C=O) groups excluding carboxylic acids is 1. The third-order valence-corrected chi connectivity index (χ3v) is 9.09.